The molecule has 2 heterocycles. The van der Waals surface area contributed by atoms with Gasteiger partial charge in [0.15, 0.2) is 11.5 Å². The molecule has 0 bridgehead atoms. The molecule has 0 aliphatic heterocycles. The second-order valence-electron chi connectivity index (χ2n) is 12.0. The number of fused-ring (bicyclic) bond motifs is 2. The van der Waals surface area contributed by atoms with E-state index in [4.69, 9.17) is 0 Å². The number of hydrogen-bond acceptors (Lipinski definition) is 14. The Morgan fingerprint density at radius 1 is 0.484 bits per heavy atom. The molecule has 0 saturated heterocycles. The van der Waals surface area contributed by atoms with Crippen LogP contribution >= 0.6 is 0 Å². The van der Waals surface area contributed by atoms with Crippen molar-refractivity contribution in [2.75, 3.05) is 10.6 Å². The Bertz CT molecular complexity index is 3050. The first-order chi connectivity index (χ1) is 26.9. The zero-order valence-corrected chi connectivity index (χ0v) is 43.8. The van der Waals surface area contributed by atoms with Crippen LogP contribution in [0.25, 0.3) is 34.0 Å². The normalized spacial score (nSPS) is 11.7. The summed E-state index contributed by atoms with van der Waals surface area (Å²) in [6.07, 6.45) is 4.34. The molecule has 0 spiro atoms. The SMILES string of the molecule is O=C(Nc1ccc(C=Cc2ccc(NC(=O)c3cc(S(=O)(=O)O)c4cccnc4c3O)cc2S(=O)(=O)O)c(S(=O)(=O)O)c1)c1cc(S(=O)(=O)O)c2cccnc2c1O.[Na].[Na].[Na].[Na]. The minimum Gasteiger partial charge on any atom is -0.505 e. The Kier molecular flexibility index (Phi) is 19.1. The van der Waals surface area contributed by atoms with Crippen LogP contribution in [0.15, 0.2) is 105 Å². The van der Waals surface area contributed by atoms with Crippen LogP contribution in [0.2, 0.25) is 0 Å². The van der Waals surface area contributed by atoms with Gasteiger partial charge >= 0.3 is 0 Å². The molecule has 0 aliphatic rings. The summed E-state index contributed by atoms with van der Waals surface area (Å²) in [6, 6.07) is 12.2. The Balaban J connectivity index is 0.00000331. The van der Waals surface area contributed by atoms with Crippen molar-refractivity contribution in [3.05, 3.63) is 107 Å². The molecule has 0 atom stereocenters. The number of anilines is 2. The monoisotopic (exact) mass is 964 g/mol. The Morgan fingerprint density at radius 2 is 0.806 bits per heavy atom. The number of aromatic nitrogens is 2. The van der Waals surface area contributed by atoms with E-state index in [2.05, 4.69) is 20.6 Å². The first-order valence-electron chi connectivity index (χ1n) is 15.7. The van der Waals surface area contributed by atoms with Crippen LogP contribution in [0.4, 0.5) is 11.4 Å². The van der Waals surface area contributed by atoms with Crippen molar-refractivity contribution in [3.8, 4) is 11.5 Å². The zero-order valence-electron chi connectivity index (χ0n) is 32.5. The minimum absolute atomic E-state index is 0. The summed E-state index contributed by atoms with van der Waals surface area (Å²) in [7, 11) is -20.1. The number of carbonyl (C=O) groups is 2. The number of rotatable bonds is 10. The fourth-order valence-corrected chi connectivity index (χ4v) is 8.53. The zero-order chi connectivity index (χ0) is 42.5. The van der Waals surface area contributed by atoms with Crippen molar-refractivity contribution in [2.45, 2.75) is 19.6 Å². The van der Waals surface area contributed by atoms with Crippen molar-refractivity contribution in [2.24, 2.45) is 0 Å². The number of pyridine rings is 2. The summed E-state index contributed by atoms with van der Waals surface area (Å²) in [5, 5.41) is 25.4. The van der Waals surface area contributed by atoms with Gasteiger partial charge in [-0.1, -0.05) is 24.3 Å². The fourth-order valence-electron chi connectivity index (χ4n) is 5.69. The molecule has 2 aromatic heterocycles. The molecule has 20 nitrogen and oxygen atoms in total. The van der Waals surface area contributed by atoms with E-state index in [9.17, 15) is 71.7 Å². The van der Waals surface area contributed by atoms with Gasteiger partial charge in [0.05, 0.1) is 11.1 Å². The molecule has 6 rings (SSSR count). The summed E-state index contributed by atoms with van der Waals surface area (Å²) in [5.41, 5.74) is -3.36. The van der Waals surface area contributed by atoms with Crippen molar-refractivity contribution in [1.82, 2.24) is 9.97 Å². The van der Waals surface area contributed by atoms with Crippen LogP contribution in [0, 0.1) is 0 Å². The predicted molar refractivity (Wildman–Crippen MR) is 227 cm³/mol. The molecule has 0 saturated carbocycles. The molecule has 4 radical (unpaired) electrons. The van der Waals surface area contributed by atoms with E-state index >= 15 is 0 Å². The van der Waals surface area contributed by atoms with Crippen molar-refractivity contribution in [3.63, 3.8) is 0 Å². The van der Waals surface area contributed by atoms with Crippen LogP contribution in [0.5, 0.6) is 11.5 Å². The number of hydrogen-bond donors (Lipinski definition) is 8. The average Bonchev–Trinajstić information content (AvgIpc) is 3.13. The molecular formula is C34H24N4Na4O16S4. The third-order valence-corrected chi connectivity index (χ3v) is 11.8. The maximum Gasteiger partial charge on any atom is 0.295 e. The van der Waals surface area contributed by atoms with E-state index in [1.165, 1.54) is 36.7 Å². The summed E-state index contributed by atoms with van der Waals surface area (Å²) in [6.45, 7) is 0. The third-order valence-electron chi connectivity index (χ3n) is 8.24. The van der Waals surface area contributed by atoms with Gasteiger partial charge in [-0.05, 0) is 71.8 Å². The van der Waals surface area contributed by atoms with Gasteiger partial charge in [-0.15, -0.1) is 0 Å². The summed E-state index contributed by atoms with van der Waals surface area (Å²) >= 11 is 0. The quantitative estimate of drug-likeness (QED) is 0.0555. The second-order valence-corrected chi connectivity index (χ2v) is 17.5. The van der Waals surface area contributed by atoms with Crippen LogP contribution in [0.1, 0.15) is 31.8 Å². The van der Waals surface area contributed by atoms with Crippen LogP contribution < -0.4 is 10.6 Å². The molecule has 0 aliphatic carbocycles. The standard InChI is InChI=1S/C34H24N4O16S4.4Na/c39-31-23(15-27(57(49,50)51)21-3-1-11-35-29(21)31)33(41)37-19-9-7-17(25(13-19)55(43,44)45)5-6-18-8-10-20(14-26(18)56(46,47)48)38-34(42)24-16-28(58(52,53)54)22-4-2-12-36-30(22)32(24)40;;;;/h1-16,39-40H,(H,37,41)(H,38,42)(H,43,44,45)(H,46,47,48)(H,49,50,51)(H,52,53,54);;;;. The van der Waals surface area contributed by atoms with Crippen molar-refractivity contribution in [1.29, 1.82) is 0 Å². The largest absolute Gasteiger partial charge is 0.505 e. The summed E-state index contributed by atoms with van der Waals surface area (Å²) in [4.78, 5) is 30.8. The van der Waals surface area contributed by atoms with Crippen LogP contribution in [0.3, 0.4) is 0 Å². The molecule has 28 heteroatoms. The van der Waals surface area contributed by atoms with Gasteiger partial charge in [-0.2, -0.15) is 33.7 Å². The molecule has 6 aromatic rings. The molecule has 304 valence electrons. The van der Waals surface area contributed by atoms with E-state index in [0.29, 0.717) is 12.1 Å². The first kappa shape index (κ1) is 55.8. The molecule has 8 N–H and O–H groups in total. The number of phenolic OH excluding ortho intramolecular Hbond substituents is 2. The number of phenols is 2. The summed E-state index contributed by atoms with van der Waals surface area (Å²) in [5.74, 6) is -3.97. The van der Waals surface area contributed by atoms with Crippen LogP contribution in [-0.4, -0.2) is 202 Å². The van der Waals surface area contributed by atoms with Crippen LogP contribution in [-0.2, 0) is 40.5 Å². The van der Waals surface area contributed by atoms with Gasteiger partial charge in [-0.3, -0.25) is 37.8 Å². The predicted octanol–water partition coefficient (Wildman–Crippen LogP) is 2.33. The molecule has 0 fully saturated rings. The summed E-state index contributed by atoms with van der Waals surface area (Å²) < 4.78 is 137. The number of nitrogens with one attached hydrogen (secondary N) is 2. The van der Waals surface area contributed by atoms with E-state index in [1.807, 2.05) is 0 Å². The van der Waals surface area contributed by atoms with Crippen molar-refractivity contribution < 1.29 is 71.7 Å². The second kappa shape index (κ2) is 21.3. The molecule has 0 unspecified atom stereocenters. The van der Waals surface area contributed by atoms with E-state index in [1.54, 1.807) is 0 Å². The molecular weight excluding hydrogens is 941 g/mol. The van der Waals surface area contributed by atoms with E-state index in [-0.39, 0.29) is 163 Å². The maximum atomic E-state index is 13.2. The Labute approximate surface area is 440 Å². The van der Waals surface area contributed by atoms with Gasteiger partial charge in [-0.25, -0.2) is 0 Å². The third kappa shape index (κ3) is 12.3. The van der Waals surface area contributed by atoms with Gasteiger partial charge in [0, 0.05) is 153 Å². The number of nitrogens with zero attached hydrogens (tertiary/aromatic N) is 2. The smallest absolute Gasteiger partial charge is 0.295 e. The van der Waals surface area contributed by atoms with Gasteiger partial charge in [0.2, 0.25) is 0 Å². The number of aromatic hydroxyl groups is 2. The maximum absolute atomic E-state index is 13.2. The number of carbonyl (C=O) groups excluding carboxylic acids is 2. The minimum atomic E-state index is -5.11. The Hall–Kier alpha value is -2.38. The average molecular weight is 965 g/mol. The number of benzene rings is 4. The molecule has 2 amide bonds. The molecule has 62 heavy (non-hydrogen) atoms. The number of amides is 2. The molecule has 4 aromatic carbocycles. The van der Waals surface area contributed by atoms with E-state index < -0.39 is 94.5 Å². The fraction of sp³-hybridized carbons (Fsp3) is 0. The Morgan fingerprint density at radius 3 is 1.11 bits per heavy atom. The van der Waals surface area contributed by atoms with Gasteiger partial charge in [0.1, 0.15) is 30.6 Å². The topological polar surface area (TPSA) is 342 Å². The first-order valence-corrected chi connectivity index (χ1v) is 21.4. The van der Waals surface area contributed by atoms with Gasteiger partial charge < -0.3 is 20.8 Å². The van der Waals surface area contributed by atoms with E-state index in [0.717, 1.165) is 48.6 Å². The van der Waals surface area contributed by atoms with Crippen molar-refractivity contribution >= 4 is 216 Å². The van der Waals surface area contributed by atoms with Gasteiger partial charge in [0.25, 0.3) is 52.3 Å².